The Labute approximate surface area is 235 Å². The normalized spacial score (nSPS) is 17.4. The molecule has 0 amide bonds. The van der Waals surface area contributed by atoms with Gasteiger partial charge in [0.15, 0.2) is 0 Å². The van der Waals surface area contributed by atoms with E-state index in [4.69, 9.17) is 19.5 Å². The Balaban J connectivity index is 1.38. The molecule has 2 N–H and O–H groups in total. The first kappa shape index (κ1) is 27.0. The number of benzene rings is 4. The SMILES string of the molecule is COc1ccccc1-c1cccc(C=N[C@H]2CCCC[C@@H]2N=Cc2cccc(-c3ccccc3OC)c2O)c1O. The van der Waals surface area contributed by atoms with Crippen LogP contribution in [0.5, 0.6) is 23.0 Å². The van der Waals surface area contributed by atoms with Crippen LogP contribution in [0.25, 0.3) is 22.3 Å². The van der Waals surface area contributed by atoms with Crippen molar-refractivity contribution in [3.05, 3.63) is 96.1 Å². The number of methoxy groups -OCH3 is 2. The highest BCUT2D eigenvalue weighted by molar-refractivity contribution is 5.91. The second kappa shape index (κ2) is 12.5. The molecule has 0 aliphatic heterocycles. The van der Waals surface area contributed by atoms with E-state index in [1.165, 1.54) is 0 Å². The van der Waals surface area contributed by atoms with Crippen molar-refractivity contribution in [3.63, 3.8) is 0 Å². The van der Waals surface area contributed by atoms with Crippen LogP contribution in [0.3, 0.4) is 0 Å². The van der Waals surface area contributed by atoms with Crippen LogP contribution in [0.2, 0.25) is 0 Å². The molecule has 0 aromatic heterocycles. The maximum Gasteiger partial charge on any atom is 0.132 e. The molecule has 6 nitrogen and oxygen atoms in total. The zero-order valence-corrected chi connectivity index (χ0v) is 22.8. The summed E-state index contributed by atoms with van der Waals surface area (Å²) in [6.07, 6.45) is 7.50. The van der Waals surface area contributed by atoms with E-state index in [1.54, 1.807) is 26.6 Å². The van der Waals surface area contributed by atoms with Crippen LogP contribution >= 0.6 is 0 Å². The van der Waals surface area contributed by atoms with Crippen molar-refractivity contribution in [3.8, 4) is 45.3 Å². The van der Waals surface area contributed by atoms with Crippen LogP contribution in [0.1, 0.15) is 36.8 Å². The number of phenols is 2. The quantitative estimate of drug-likeness (QED) is 0.232. The van der Waals surface area contributed by atoms with Gasteiger partial charge in [0, 0.05) is 45.8 Å². The van der Waals surface area contributed by atoms with Gasteiger partial charge in [0.05, 0.1) is 26.3 Å². The highest BCUT2D eigenvalue weighted by atomic mass is 16.5. The van der Waals surface area contributed by atoms with Crippen molar-refractivity contribution in [1.82, 2.24) is 0 Å². The molecular weight excluding hydrogens is 500 g/mol. The fourth-order valence-corrected chi connectivity index (χ4v) is 5.29. The number of ether oxygens (including phenoxy) is 2. The van der Waals surface area contributed by atoms with E-state index < -0.39 is 0 Å². The number of phenolic OH excluding ortho intramolecular Hbond substituents is 2. The molecule has 1 saturated carbocycles. The van der Waals surface area contributed by atoms with Crippen molar-refractivity contribution in [2.24, 2.45) is 9.98 Å². The van der Waals surface area contributed by atoms with E-state index in [0.717, 1.165) is 36.8 Å². The average Bonchev–Trinajstić information content (AvgIpc) is 3.00. The number of aromatic hydroxyl groups is 2. The summed E-state index contributed by atoms with van der Waals surface area (Å²) in [6, 6.07) is 26.6. The van der Waals surface area contributed by atoms with Gasteiger partial charge in [0.25, 0.3) is 0 Å². The van der Waals surface area contributed by atoms with E-state index in [0.29, 0.717) is 33.8 Å². The summed E-state index contributed by atoms with van der Waals surface area (Å²) in [6.45, 7) is 0. The fraction of sp³-hybridized carbons (Fsp3) is 0.235. The summed E-state index contributed by atoms with van der Waals surface area (Å²) in [5.41, 5.74) is 4.36. The third kappa shape index (κ3) is 5.71. The van der Waals surface area contributed by atoms with Gasteiger partial charge >= 0.3 is 0 Å². The predicted octanol–water partition coefficient (Wildman–Crippen LogP) is 7.30. The third-order valence-electron chi connectivity index (χ3n) is 7.43. The Hall–Kier alpha value is -4.58. The van der Waals surface area contributed by atoms with Crippen molar-refractivity contribution < 1.29 is 19.7 Å². The van der Waals surface area contributed by atoms with E-state index in [1.807, 2.05) is 84.9 Å². The largest absolute Gasteiger partial charge is 0.507 e. The molecule has 1 fully saturated rings. The Morgan fingerprint density at radius 3 is 1.40 bits per heavy atom. The lowest BCUT2D eigenvalue weighted by Crippen LogP contribution is -2.27. The van der Waals surface area contributed by atoms with Crippen molar-refractivity contribution in [2.45, 2.75) is 37.8 Å². The Morgan fingerprint density at radius 2 is 0.975 bits per heavy atom. The summed E-state index contributed by atoms with van der Waals surface area (Å²) >= 11 is 0. The second-order valence-electron chi connectivity index (χ2n) is 9.86. The maximum atomic E-state index is 11.1. The number of hydrogen-bond acceptors (Lipinski definition) is 6. The van der Waals surface area contributed by atoms with Crippen LogP contribution in [0.15, 0.2) is 94.9 Å². The molecular formula is C34H34N2O4. The van der Waals surface area contributed by atoms with E-state index in [-0.39, 0.29) is 23.6 Å². The number of hydrogen-bond donors (Lipinski definition) is 2. The van der Waals surface area contributed by atoms with Gasteiger partial charge in [-0.25, -0.2) is 0 Å². The molecule has 6 heteroatoms. The van der Waals surface area contributed by atoms with Crippen LogP contribution in [-0.4, -0.2) is 48.9 Å². The maximum absolute atomic E-state index is 11.1. The Bertz CT molecular complexity index is 1410. The smallest absolute Gasteiger partial charge is 0.132 e. The molecule has 2 atom stereocenters. The zero-order chi connectivity index (χ0) is 27.9. The van der Waals surface area contributed by atoms with Crippen molar-refractivity contribution in [1.29, 1.82) is 0 Å². The Kier molecular flexibility index (Phi) is 8.45. The highest BCUT2D eigenvalue weighted by Gasteiger charge is 2.24. The molecule has 5 rings (SSSR count). The minimum atomic E-state index is -0.0149. The first-order valence-corrected chi connectivity index (χ1v) is 13.6. The van der Waals surface area contributed by atoms with Gasteiger partial charge in [0.2, 0.25) is 0 Å². The molecule has 0 bridgehead atoms. The average molecular weight is 535 g/mol. The van der Waals surface area contributed by atoms with Gasteiger partial charge in [-0.2, -0.15) is 0 Å². The van der Waals surface area contributed by atoms with Crippen molar-refractivity contribution in [2.75, 3.05) is 14.2 Å². The number of nitrogens with zero attached hydrogens (tertiary/aromatic N) is 2. The number of para-hydroxylation sites is 4. The lowest BCUT2D eigenvalue weighted by molar-refractivity contribution is 0.390. The molecule has 0 radical (unpaired) electrons. The minimum Gasteiger partial charge on any atom is -0.507 e. The lowest BCUT2D eigenvalue weighted by atomic mass is 9.91. The predicted molar refractivity (Wildman–Crippen MR) is 161 cm³/mol. The summed E-state index contributed by atoms with van der Waals surface area (Å²) < 4.78 is 11.0. The number of rotatable bonds is 8. The molecule has 0 heterocycles. The van der Waals surface area contributed by atoms with Gasteiger partial charge in [-0.3, -0.25) is 9.98 Å². The summed E-state index contributed by atoms with van der Waals surface area (Å²) in [5.74, 6) is 1.74. The van der Waals surface area contributed by atoms with Gasteiger partial charge < -0.3 is 19.7 Å². The first-order valence-electron chi connectivity index (χ1n) is 13.6. The van der Waals surface area contributed by atoms with Crippen LogP contribution in [0.4, 0.5) is 0 Å². The van der Waals surface area contributed by atoms with Gasteiger partial charge in [-0.05, 0) is 37.1 Å². The van der Waals surface area contributed by atoms with E-state index in [9.17, 15) is 10.2 Å². The minimum absolute atomic E-state index is 0.0149. The van der Waals surface area contributed by atoms with Gasteiger partial charge in [-0.1, -0.05) is 73.5 Å². The van der Waals surface area contributed by atoms with Crippen LogP contribution < -0.4 is 9.47 Å². The highest BCUT2D eigenvalue weighted by Crippen LogP contribution is 2.38. The van der Waals surface area contributed by atoms with Crippen LogP contribution in [-0.2, 0) is 0 Å². The molecule has 4 aromatic carbocycles. The molecule has 1 aliphatic rings. The van der Waals surface area contributed by atoms with Gasteiger partial charge in [-0.15, -0.1) is 0 Å². The molecule has 4 aromatic rings. The zero-order valence-electron chi connectivity index (χ0n) is 22.8. The lowest BCUT2D eigenvalue weighted by Gasteiger charge is -2.25. The summed E-state index contributed by atoms with van der Waals surface area (Å²) in [4.78, 5) is 9.77. The summed E-state index contributed by atoms with van der Waals surface area (Å²) in [7, 11) is 3.25. The fourth-order valence-electron chi connectivity index (χ4n) is 5.29. The topological polar surface area (TPSA) is 83.6 Å². The molecule has 0 spiro atoms. The van der Waals surface area contributed by atoms with Crippen molar-refractivity contribution >= 4 is 12.4 Å². The van der Waals surface area contributed by atoms with E-state index >= 15 is 0 Å². The van der Waals surface area contributed by atoms with E-state index in [2.05, 4.69) is 0 Å². The summed E-state index contributed by atoms with van der Waals surface area (Å²) in [5, 5.41) is 22.2. The Morgan fingerprint density at radius 1 is 0.575 bits per heavy atom. The molecule has 1 aliphatic carbocycles. The molecule has 204 valence electrons. The van der Waals surface area contributed by atoms with Gasteiger partial charge in [0.1, 0.15) is 23.0 Å². The third-order valence-corrected chi connectivity index (χ3v) is 7.43. The molecule has 40 heavy (non-hydrogen) atoms. The number of aliphatic imine (C=N–C) groups is 2. The second-order valence-corrected chi connectivity index (χ2v) is 9.86. The first-order chi connectivity index (χ1) is 19.6. The standard InChI is InChI=1S/C34H34N2O4/c1-39-31-19-7-3-13-25(31)27-15-9-11-23(33(27)37)21-35-29-17-5-6-18-30(29)36-22-24-12-10-16-28(34(24)38)26-14-4-8-20-32(26)40-2/h3-4,7-16,19-22,29-30,37-38H,5-6,17-18H2,1-2H3/t29-,30-/m0/s1. The monoisotopic (exact) mass is 534 g/mol. The molecule has 0 saturated heterocycles. The molecule has 0 unspecified atom stereocenters. The van der Waals surface area contributed by atoms with Crippen LogP contribution in [0, 0.1) is 0 Å².